The number of benzene rings is 2. The molecule has 0 aromatic heterocycles. The minimum Gasteiger partial charge on any atom is -0.368 e. The summed E-state index contributed by atoms with van der Waals surface area (Å²) in [4.78, 5) is 46.4. The minimum absolute atomic E-state index is 0.100. The highest BCUT2D eigenvalue weighted by molar-refractivity contribution is 9.10. The molecule has 2 aromatic carbocycles. The summed E-state index contributed by atoms with van der Waals surface area (Å²) >= 11 is 3.30. The van der Waals surface area contributed by atoms with Crippen molar-refractivity contribution in [2.24, 2.45) is 5.73 Å². The molecule has 5 N–H and O–H groups in total. The number of hydrogen-bond acceptors (Lipinski definition) is 4. The van der Waals surface area contributed by atoms with E-state index in [9.17, 15) is 19.2 Å². The Bertz CT molecular complexity index is 867. The standard InChI is InChI=1S/C19H19BrN4O4/c20-14-5-1-12(2-6-14)18(27)22-10-9-17(26)24-15-7-3-13(4-8-15)19(28)23-11-16(21)25/h1-8H,9-11H2,(H2,21,25)(H,22,27)(H,23,28)(H,24,26). The predicted molar refractivity (Wildman–Crippen MR) is 108 cm³/mol. The van der Waals surface area contributed by atoms with E-state index in [1.165, 1.54) is 12.1 Å². The van der Waals surface area contributed by atoms with Gasteiger partial charge in [0.25, 0.3) is 11.8 Å². The highest BCUT2D eigenvalue weighted by atomic mass is 79.9. The maximum Gasteiger partial charge on any atom is 0.251 e. The van der Waals surface area contributed by atoms with Crippen LogP contribution in [-0.4, -0.2) is 36.7 Å². The van der Waals surface area contributed by atoms with Crippen LogP contribution in [0.1, 0.15) is 27.1 Å². The average molecular weight is 447 g/mol. The molecule has 2 rings (SSSR count). The van der Waals surface area contributed by atoms with Gasteiger partial charge in [-0.1, -0.05) is 15.9 Å². The van der Waals surface area contributed by atoms with Gasteiger partial charge >= 0.3 is 0 Å². The number of nitrogens with two attached hydrogens (primary N) is 1. The zero-order valence-corrected chi connectivity index (χ0v) is 16.4. The molecule has 0 aliphatic heterocycles. The molecular weight excluding hydrogens is 428 g/mol. The van der Waals surface area contributed by atoms with Crippen molar-refractivity contribution in [2.75, 3.05) is 18.4 Å². The van der Waals surface area contributed by atoms with E-state index in [0.29, 0.717) is 16.8 Å². The van der Waals surface area contributed by atoms with Gasteiger partial charge in [-0.2, -0.15) is 0 Å². The van der Waals surface area contributed by atoms with Gasteiger partial charge < -0.3 is 21.7 Å². The molecule has 0 saturated carbocycles. The summed E-state index contributed by atoms with van der Waals surface area (Å²) in [7, 11) is 0. The molecule has 0 fully saturated rings. The molecule has 2 aromatic rings. The number of amides is 4. The lowest BCUT2D eigenvalue weighted by atomic mass is 10.2. The summed E-state index contributed by atoms with van der Waals surface area (Å²) in [5, 5.41) is 7.72. The first-order chi connectivity index (χ1) is 13.3. The van der Waals surface area contributed by atoms with Crippen LogP contribution in [0.3, 0.4) is 0 Å². The van der Waals surface area contributed by atoms with E-state index in [4.69, 9.17) is 5.73 Å². The Balaban J connectivity index is 1.76. The Labute approximate surface area is 170 Å². The number of primary amides is 1. The molecule has 0 saturated heterocycles. The number of anilines is 1. The fourth-order valence-corrected chi connectivity index (χ4v) is 2.46. The smallest absolute Gasteiger partial charge is 0.251 e. The molecule has 28 heavy (non-hydrogen) atoms. The summed E-state index contributed by atoms with van der Waals surface area (Å²) < 4.78 is 0.875. The van der Waals surface area contributed by atoms with E-state index in [2.05, 4.69) is 31.9 Å². The van der Waals surface area contributed by atoms with E-state index in [1.54, 1.807) is 36.4 Å². The van der Waals surface area contributed by atoms with Gasteiger partial charge in [0.2, 0.25) is 11.8 Å². The number of carbonyl (C=O) groups is 4. The van der Waals surface area contributed by atoms with Crippen molar-refractivity contribution >= 4 is 45.2 Å². The van der Waals surface area contributed by atoms with Crippen LogP contribution in [0.2, 0.25) is 0 Å². The van der Waals surface area contributed by atoms with Gasteiger partial charge in [-0.15, -0.1) is 0 Å². The van der Waals surface area contributed by atoms with Gasteiger partial charge in [-0.3, -0.25) is 19.2 Å². The third-order valence-electron chi connectivity index (χ3n) is 3.60. The fourth-order valence-electron chi connectivity index (χ4n) is 2.19. The molecule has 0 aliphatic carbocycles. The second-order valence-corrected chi connectivity index (χ2v) is 6.70. The second-order valence-electron chi connectivity index (χ2n) is 5.79. The third-order valence-corrected chi connectivity index (χ3v) is 4.13. The summed E-state index contributed by atoms with van der Waals surface area (Å²) in [5.41, 5.74) is 6.32. The lowest BCUT2D eigenvalue weighted by molar-refractivity contribution is -0.117. The zero-order valence-electron chi connectivity index (χ0n) is 14.8. The van der Waals surface area contributed by atoms with Crippen LogP contribution < -0.4 is 21.7 Å². The Hall–Kier alpha value is -3.20. The van der Waals surface area contributed by atoms with Crippen molar-refractivity contribution < 1.29 is 19.2 Å². The summed E-state index contributed by atoms with van der Waals surface area (Å²) in [5.74, 6) is -1.61. The summed E-state index contributed by atoms with van der Waals surface area (Å²) in [6.45, 7) is -0.0579. The van der Waals surface area contributed by atoms with Gasteiger partial charge in [-0.25, -0.2) is 0 Å². The summed E-state index contributed by atoms with van der Waals surface area (Å²) in [6, 6.07) is 13.1. The van der Waals surface area contributed by atoms with Crippen molar-refractivity contribution in [3.8, 4) is 0 Å². The number of rotatable bonds is 8. The predicted octanol–water partition coefficient (Wildman–Crippen LogP) is 1.42. The first-order valence-electron chi connectivity index (χ1n) is 8.35. The van der Waals surface area contributed by atoms with Crippen LogP contribution in [0.5, 0.6) is 0 Å². The quantitative estimate of drug-likeness (QED) is 0.488. The molecule has 0 atom stereocenters. The van der Waals surface area contributed by atoms with E-state index in [1.807, 2.05) is 0 Å². The van der Waals surface area contributed by atoms with Crippen molar-refractivity contribution in [2.45, 2.75) is 6.42 Å². The molecule has 0 radical (unpaired) electrons. The van der Waals surface area contributed by atoms with Crippen molar-refractivity contribution in [1.29, 1.82) is 0 Å². The van der Waals surface area contributed by atoms with Crippen molar-refractivity contribution in [3.05, 3.63) is 64.1 Å². The minimum atomic E-state index is -0.635. The van der Waals surface area contributed by atoms with E-state index in [-0.39, 0.29) is 31.3 Å². The number of carbonyl (C=O) groups excluding carboxylic acids is 4. The Morgan fingerprint density at radius 3 is 1.93 bits per heavy atom. The number of nitrogens with one attached hydrogen (secondary N) is 3. The van der Waals surface area contributed by atoms with Crippen LogP contribution in [-0.2, 0) is 9.59 Å². The molecule has 0 heterocycles. The first-order valence-corrected chi connectivity index (χ1v) is 9.14. The molecule has 4 amide bonds. The fraction of sp³-hybridized carbons (Fsp3) is 0.158. The van der Waals surface area contributed by atoms with Gasteiger partial charge in [0.05, 0.1) is 6.54 Å². The van der Waals surface area contributed by atoms with Gasteiger partial charge in [-0.05, 0) is 48.5 Å². The first kappa shape index (κ1) is 21.1. The van der Waals surface area contributed by atoms with Gasteiger partial charge in [0.15, 0.2) is 0 Å². The Morgan fingerprint density at radius 2 is 1.36 bits per heavy atom. The van der Waals surface area contributed by atoms with Crippen LogP contribution in [0.15, 0.2) is 53.0 Å². The largest absolute Gasteiger partial charge is 0.368 e. The highest BCUT2D eigenvalue weighted by Crippen LogP contribution is 2.11. The lowest BCUT2D eigenvalue weighted by Gasteiger charge is -2.08. The van der Waals surface area contributed by atoms with E-state index in [0.717, 1.165) is 4.47 Å². The lowest BCUT2D eigenvalue weighted by Crippen LogP contribution is -2.33. The molecule has 9 heteroatoms. The van der Waals surface area contributed by atoms with Crippen LogP contribution >= 0.6 is 15.9 Å². The molecule has 8 nitrogen and oxygen atoms in total. The molecule has 146 valence electrons. The Morgan fingerprint density at radius 1 is 0.821 bits per heavy atom. The topological polar surface area (TPSA) is 130 Å². The third kappa shape index (κ3) is 6.84. The van der Waals surface area contributed by atoms with E-state index < -0.39 is 11.8 Å². The highest BCUT2D eigenvalue weighted by Gasteiger charge is 2.09. The molecular formula is C19H19BrN4O4. The molecule has 0 spiro atoms. The average Bonchev–Trinajstić information content (AvgIpc) is 2.67. The molecule has 0 aliphatic rings. The van der Waals surface area contributed by atoms with Crippen molar-refractivity contribution in [3.63, 3.8) is 0 Å². The van der Waals surface area contributed by atoms with Crippen LogP contribution in [0.4, 0.5) is 5.69 Å². The van der Waals surface area contributed by atoms with Crippen LogP contribution in [0, 0.1) is 0 Å². The monoisotopic (exact) mass is 446 g/mol. The maximum atomic E-state index is 12.0. The van der Waals surface area contributed by atoms with E-state index >= 15 is 0 Å². The second kappa shape index (κ2) is 10.2. The SMILES string of the molecule is NC(=O)CNC(=O)c1ccc(NC(=O)CCNC(=O)c2ccc(Br)cc2)cc1. The van der Waals surface area contributed by atoms with Crippen molar-refractivity contribution in [1.82, 2.24) is 10.6 Å². The summed E-state index contributed by atoms with van der Waals surface area (Å²) in [6.07, 6.45) is 0.100. The molecule has 0 bridgehead atoms. The maximum absolute atomic E-state index is 12.0. The number of hydrogen-bond donors (Lipinski definition) is 4. The zero-order chi connectivity index (χ0) is 20.5. The number of halogens is 1. The molecule has 0 unspecified atom stereocenters. The Kier molecular flexibility index (Phi) is 7.70. The van der Waals surface area contributed by atoms with Gasteiger partial charge in [0.1, 0.15) is 0 Å². The van der Waals surface area contributed by atoms with Gasteiger partial charge in [0, 0.05) is 34.3 Å². The van der Waals surface area contributed by atoms with Crippen LogP contribution in [0.25, 0.3) is 0 Å². The normalized spacial score (nSPS) is 10.0.